The molecule has 0 radical (unpaired) electrons. The van der Waals surface area contributed by atoms with Crippen molar-refractivity contribution in [2.24, 2.45) is 5.92 Å². The molecule has 1 amide bonds. The fourth-order valence-corrected chi connectivity index (χ4v) is 6.37. The Labute approximate surface area is 191 Å². The highest BCUT2D eigenvalue weighted by atomic mass is 32.2. The van der Waals surface area contributed by atoms with Gasteiger partial charge in [-0.15, -0.1) is 0 Å². The first kappa shape index (κ1) is 22.8. The van der Waals surface area contributed by atoms with E-state index in [1.165, 1.54) is 0 Å². The largest absolute Gasteiger partial charge is 0.368 e. The Morgan fingerprint density at radius 2 is 1.53 bits per heavy atom. The van der Waals surface area contributed by atoms with Crippen molar-refractivity contribution >= 4 is 21.6 Å². The predicted molar refractivity (Wildman–Crippen MR) is 128 cm³/mol. The Bertz CT molecular complexity index is 1070. The third-order valence-electron chi connectivity index (χ3n) is 6.92. The number of sulfonamides is 1. The van der Waals surface area contributed by atoms with Gasteiger partial charge in [-0.25, -0.2) is 8.42 Å². The average Bonchev–Trinajstić information content (AvgIpc) is 2.81. The van der Waals surface area contributed by atoms with Crippen molar-refractivity contribution < 1.29 is 13.2 Å². The van der Waals surface area contributed by atoms with Gasteiger partial charge in [0.2, 0.25) is 10.0 Å². The fraction of sp³-hybridized carbons (Fsp3) is 0.480. The Morgan fingerprint density at radius 3 is 2.16 bits per heavy atom. The summed E-state index contributed by atoms with van der Waals surface area (Å²) in [6.45, 7) is 9.73. The standard InChI is InChI=1S/C25H33N3O3S/c1-19-9-11-28(12-10-19)32(30,31)24-18-22(17-20(2)21(24)3)25(29)27-15-13-26(14-16-27)23-7-5-4-6-8-23/h4-8,17-19H,9-16H2,1-3H3. The molecule has 2 aliphatic heterocycles. The molecule has 32 heavy (non-hydrogen) atoms. The fourth-order valence-electron chi connectivity index (χ4n) is 4.57. The van der Waals surface area contributed by atoms with E-state index in [9.17, 15) is 13.2 Å². The van der Waals surface area contributed by atoms with Crippen molar-refractivity contribution in [3.05, 3.63) is 59.2 Å². The van der Waals surface area contributed by atoms with E-state index >= 15 is 0 Å². The summed E-state index contributed by atoms with van der Waals surface area (Å²) >= 11 is 0. The second-order valence-corrected chi connectivity index (χ2v) is 11.0. The smallest absolute Gasteiger partial charge is 0.254 e. The van der Waals surface area contributed by atoms with Crippen LogP contribution in [0.2, 0.25) is 0 Å². The zero-order valence-electron chi connectivity index (χ0n) is 19.3. The molecule has 2 heterocycles. The molecule has 2 aromatic rings. The summed E-state index contributed by atoms with van der Waals surface area (Å²) in [5.74, 6) is 0.455. The molecule has 7 heteroatoms. The predicted octanol–water partition coefficient (Wildman–Crippen LogP) is 3.69. The van der Waals surface area contributed by atoms with Crippen LogP contribution >= 0.6 is 0 Å². The zero-order chi connectivity index (χ0) is 22.9. The van der Waals surface area contributed by atoms with Crippen LogP contribution in [0.4, 0.5) is 5.69 Å². The van der Waals surface area contributed by atoms with Crippen molar-refractivity contribution in [3.63, 3.8) is 0 Å². The van der Waals surface area contributed by atoms with E-state index in [0.29, 0.717) is 37.7 Å². The molecule has 0 atom stereocenters. The highest BCUT2D eigenvalue weighted by Crippen LogP contribution is 2.28. The van der Waals surface area contributed by atoms with Crippen LogP contribution in [-0.4, -0.2) is 62.8 Å². The van der Waals surface area contributed by atoms with Gasteiger partial charge >= 0.3 is 0 Å². The zero-order valence-corrected chi connectivity index (χ0v) is 20.1. The first-order valence-corrected chi connectivity index (χ1v) is 12.9. The summed E-state index contributed by atoms with van der Waals surface area (Å²) in [7, 11) is -3.62. The SMILES string of the molecule is Cc1cc(C(=O)N2CCN(c3ccccc3)CC2)cc(S(=O)(=O)N2CCC(C)CC2)c1C. The van der Waals surface area contributed by atoms with Crippen molar-refractivity contribution in [1.29, 1.82) is 0 Å². The van der Waals surface area contributed by atoms with Gasteiger partial charge in [-0.2, -0.15) is 4.31 Å². The van der Waals surface area contributed by atoms with Crippen LogP contribution in [0, 0.1) is 19.8 Å². The molecule has 0 aromatic heterocycles. The molecule has 2 saturated heterocycles. The Balaban J connectivity index is 1.53. The Kier molecular flexibility index (Phi) is 6.58. The van der Waals surface area contributed by atoms with Crippen molar-refractivity contribution in [3.8, 4) is 0 Å². The topological polar surface area (TPSA) is 60.9 Å². The molecule has 6 nitrogen and oxygen atoms in total. The van der Waals surface area contributed by atoms with Crippen LogP contribution in [0.1, 0.15) is 41.3 Å². The number of para-hydroxylation sites is 1. The molecule has 2 aliphatic rings. The lowest BCUT2D eigenvalue weighted by Crippen LogP contribution is -2.48. The summed E-state index contributed by atoms with van der Waals surface area (Å²) in [5.41, 5.74) is 3.19. The van der Waals surface area contributed by atoms with Crippen molar-refractivity contribution in [2.45, 2.75) is 38.5 Å². The summed E-state index contributed by atoms with van der Waals surface area (Å²) in [6.07, 6.45) is 1.75. The third kappa shape index (κ3) is 4.55. The number of aryl methyl sites for hydroxylation is 1. The number of hydrogen-bond acceptors (Lipinski definition) is 4. The Hall–Kier alpha value is -2.38. The van der Waals surface area contributed by atoms with E-state index in [4.69, 9.17) is 0 Å². The van der Waals surface area contributed by atoms with Gasteiger partial charge in [-0.1, -0.05) is 25.1 Å². The number of carbonyl (C=O) groups is 1. The average molecular weight is 456 g/mol. The lowest BCUT2D eigenvalue weighted by atomic mass is 10.0. The van der Waals surface area contributed by atoms with Crippen LogP contribution in [0.3, 0.4) is 0 Å². The van der Waals surface area contributed by atoms with Gasteiger partial charge < -0.3 is 9.80 Å². The maximum atomic E-state index is 13.4. The molecule has 172 valence electrons. The molecule has 0 N–H and O–H groups in total. The Morgan fingerprint density at radius 1 is 0.906 bits per heavy atom. The normalized spacial score (nSPS) is 18.7. The molecule has 0 unspecified atom stereocenters. The minimum Gasteiger partial charge on any atom is -0.368 e. The number of piperidine rings is 1. The quantitative estimate of drug-likeness (QED) is 0.706. The summed E-state index contributed by atoms with van der Waals surface area (Å²) in [4.78, 5) is 17.7. The summed E-state index contributed by atoms with van der Waals surface area (Å²) in [5, 5.41) is 0. The molecular formula is C25H33N3O3S. The highest BCUT2D eigenvalue weighted by molar-refractivity contribution is 7.89. The second-order valence-electron chi connectivity index (χ2n) is 9.12. The number of anilines is 1. The molecule has 4 rings (SSSR count). The van der Waals surface area contributed by atoms with E-state index < -0.39 is 10.0 Å². The monoisotopic (exact) mass is 455 g/mol. The van der Waals surface area contributed by atoms with E-state index in [2.05, 4.69) is 24.0 Å². The highest BCUT2D eigenvalue weighted by Gasteiger charge is 2.31. The van der Waals surface area contributed by atoms with Crippen LogP contribution in [0.25, 0.3) is 0 Å². The third-order valence-corrected chi connectivity index (χ3v) is 8.94. The van der Waals surface area contributed by atoms with Crippen molar-refractivity contribution in [1.82, 2.24) is 9.21 Å². The van der Waals surface area contributed by atoms with Gasteiger partial charge in [0.05, 0.1) is 4.90 Å². The minimum absolute atomic E-state index is 0.0930. The number of hydrogen-bond donors (Lipinski definition) is 0. The number of nitrogens with zero attached hydrogens (tertiary/aromatic N) is 3. The van der Waals surface area contributed by atoms with Gasteiger partial charge in [0.1, 0.15) is 0 Å². The van der Waals surface area contributed by atoms with Gasteiger partial charge in [0.15, 0.2) is 0 Å². The molecular weight excluding hydrogens is 422 g/mol. The van der Waals surface area contributed by atoms with Crippen LogP contribution in [0.15, 0.2) is 47.4 Å². The number of piperazine rings is 1. The summed E-state index contributed by atoms with van der Waals surface area (Å²) < 4.78 is 28.4. The van der Waals surface area contributed by atoms with E-state index in [1.54, 1.807) is 10.4 Å². The first-order chi connectivity index (χ1) is 15.3. The molecule has 0 aliphatic carbocycles. The first-order valence-electron chi connectivity index (χ1n) is 11.5. The van der Waals surface area contributed by atoms with E-state index in [0.717, 1.165) is 42.7 Å². The van der Waals surface area contributed by atoms with Gasteiger partial charge in [-0.05, 0) is 68.0 Å². The number of rotatable bonds is 4. The number of benzene rings is 2. The van der Waals surface area contributed by atoms with Gasteiger partial charge in [-0.3, -0.25) is 4.79 Å². The summed E-state index contributed by atoms with van der Waals surface area (Å²) in [6, 6.07) is 13.6. The van der Waals surface area contributed by atoms with E-state index in [-0.39, 0.29) is 10.8 Å². The van der Waals surface area contributed by atoms with Gasteiger partial charge in [0.25, 0.3) is 5.91 Å². The molecule has 2 aromatic carbocycles. The van der Waals surface area contributed by atoms with Crippen LogP contribution < -0.4 is 4.90 Å². The molecule has 0 saturated carbocycles. The van der Waals surface area contributed by atoms with Gasteiger partial charge in [0, 0.05) is 50.5 Å². The maximum absolute atomic E-state index is 13.4. The van der Waals surface area contributed by atoms with Crippen LogP contribution in [0.5, 0.6) is 0 Å². The van der Waals surface area contributed by atoms with E-state index in [1.807, 2.05) is 43.0 Å². The molecule has 0 bridgehead atoms. The lowest BCUT2D eigenvalue weighted by Gasteiger charge is -2.36. The molecule has 0 spiro atoms. The maximum Gasteiger partial charge on any atom is 0.254 e. The number of carbonyl (C=O) groups excluding carboxylic acids is 1. The minimum atomic E-state index is -3.62. The van der Waals surface area contributed by atoms with Crippen molar-refractivity contribution in [2.75, 3.05) is 44.2 Å². The lowest BCUT2D eigenvalue weighted by molar-refractivity contribution is 0.0746. The number of amides is 1. The van der Waals surface area contributed by atoms with Crippen LogP contribution in [-0.2, 0) is 10.0 Å². The second kappa shape index (κ2) is 9.24. The molecule has 2 fully saturated rings.